The van der Waals surface area contributed by atoms with Crippen LogP contribution in [-0.4, -0.2) is 22.3 Å². The topological polar surface area (TPSA) is 57.5 Å². The highest BCUT2D eigenvalue weighted by Gasteiger charge is 2.64. The Balaban J connectivity index is 1.66. The summed E-state index contributed by atoms with van der Waals surface area (Å²) in [6.07, 6.45) is 11.5. The van der Waals surface area contributed by atoms with E-state index >= 15 is 0 Å². The van der Waals surface area contributed by atoms with Crippen LogP contribution in [0.2, 0.25) is 0 Å². The smallest absolute Gasteiger partial charge is 0.303 e. The molecule has 3 nitrogen and oxygen atoms in total. The number of hydrogen-bond acceptors (Lipinski definition) is 2. The second kappa shape index (κ2) is 7.29. The van der Waals surface area contributed by atoms with Gasteiger partial charge in [-0.3, -0.25) is 4.79 Å². The average molecular weight is 391 g/mol. The molecule has 4 rings (SSSR count). The number of aliphatic hydroxyl groups is 1. The summed E-state index contributed by atoms with van der Waals surface area (Å²) in [6.45, 7) is 9.47. The lowest BCUT2D eigenvalue weighted by Crippen LogP contribution is -2.61. The van der Waals surface area contributed by atoms with Gasteiger partial charge in [0, 0.05) is 6.42 Å². The summed E-state index contributed by atoms with van der Waals surface area (Å²) in [6, 6.07) is 0. The van der Waals surface area contributed by atoms with E-state index in [9.17, 15) is 15.0 Å². The Morgan fingerprint density at radius 1 is 1.00 bits per heavy atom. The minimum absolute atomic E-state index is 0.149. The van der Waals surface area contributed by atoms with E-state index in [1.165, 1.54) is 44.9 Å². The first-order valence-electron chi connectivity index (χ1n) is 12.1. The number of fused-ring (bicyclic) bond motifs is 5. The molecule has 28 heavy (non-hydrogen) atoms. The molecule has 0 amide bonds. The summed E-state index contributed by atoms with van der Waals surface area (Å²) >= 11 is 0. The van der Waals surface area contributed by atoms with E-state index in [4.69, 9.17) is 0 Å². The van der Waals surface area contributed by atoms with Crippen LogP contribution in [0.1, 0.15) is 91.9 Å². The lowest BCUT2D eigenvalue weighted by molar-refractivity contribution is -0.194. The molecule has 10 atom stereocenters. The summed E-state index contributed by atoms with van der Waals surface area (Å²) in [5.74, 6) is 2.93. The molecule has 4 saturated carbocycles. The third kappa shape index (κ3) is 2.89. The summed E-state index contributed by atoms with van der Waals surface area (Å²) in [5, 5.41) is 21.0. The first-order valence-corrected chi connectivity index (χ1v) is 12.1. The van der Waals surface area contributed by atoms with Gasteiger partial charge >= 0.3 is 5.97 Å². The van der Waals surface area contributed by atoms with Crippen LogP contribution in [0.15, 0.2) is 0 Å². The van der Waals surface area contributed by atoms with Gasteiger partial charge in [0.2, 0.25) is 0 Å². The molecule has 0 bridgehead atoms. The molecule has 160 valence electrons. The van der Waals surface area contributed by atoms with Crippen molar-refractivity contribution in [1.82, 2.24) is 0 Å². The zero-order valence-electron chi connectivity index (χ0n) is 18.5. The predicted octanol–water partition coefficient (Wildman–Crippen LogP) is 5.75. The maximum Gasteiger partial charge on any atom is 0.303 e. The van der Waals surface area contributed by atoms with Crippen LogP contribution in [0, 0.1) is 52.3 Å². The van der Waals surface area contributed by atoms with Crippen LogP contribution in [0.5, 0.6) is 0 Å². The Morgan fingerprint density at radius 3 is 2.39 bits per heavy atom. The fourth-order valence-electron chi connectivity index (χ4n) is 9.43. The number of hydrogen-bond donors (Lipinski definition) is 2. The molecule has 3 heteroatoms. The second-order valence-electron chi connectivity index (χ2n) is 11.5. The van der Waals surface area contributed by atoms with Gasteiger partial charge in [-0.05, 0) is 90.8 Å². The largest absolute Gasteiger partial charge is 0.481 e. The molecule has 10 unspecified atom stereocenters. The molecule has 0 aromatic rings. The third-order valence-electron chi connectivity index (χ3n) is 10.6. The molecule has 0 saturated heterocycles. The summed E-state index contributed by atoms with van der Waals surface area (Å²) in [5.41, 5.74) is 0.627. The zero-order chi connectivity index (χ0) is 20.3. The molecule has 0 heterocycles. The number of carboxylic acid groups (broad SMARTS) is 1. The Morgan fingerprint density at radius 2 is 1.71 bits per heavy atom. The summed E-state index contributed by atoms with van der Waals surface area (Å²) < 4.78 is 0. The van der Waals surface area contributed by atoms with Gasteiger partial charge in [0.05, 0.1) is 6.10 Å². The lowest BCUT2D eigenvalue weighted by Gasteiger charge is -2.64. The van der Waals surface area contributed by atoms with Crippen LogP contribution >= 0.6 is 0 Å². The molecule has 0 radical (unpaired) electrons. The van der Waals surface area contributed by atoms with Crippen LogP contribution in [0.25, 0.3) is 0 Å². The number of aliphatic carboxylic acids is 1. The second-order valence-corrected chi connectivity index (χ2v) is 11.5. The minimum Gasteiger partial charge on any atom is -0.481 e. The van der Waals surface area contributed by atoms with Gasteiger partial charge in [0.15, 0.2) is 0 Å². The van der Waals surface area contributed by atoms with Crippen molar-refractivity contribution in [3.05, 3.63) is 0 Å². The highest BCUT2D eigenvalue weighted by Crippen LogP contribution is 2.69. The molecule has 0 aromatic carbocycles. The van der Waals surface area contributed by atoms with Crippen LogP contribution in [0.4, 0.5) is 0 Å². The van der Waals surface area contributed by atoms with Gasteiger partial charge in [-0.15, -0.1) is 0 Å². The first-order chi connectivity index (χ1) is 13.2. The van der Waals surface area contributed by atoms with E-state index in [1.54, 1.807) is 0 Å². The number of carboxylic acids is 1. The molecule has 4 aliphatic carbocycles. The van der Waals surface area contributed by atoms with Gasteiger partial charge in [-0.25, -0.2) is 0 Å². The Kier molecular flexibility index (Phi) is 5.39. The van der Waals surface area contributed by atoms with Crippen molar-refractivity contribution in [1.29, 1.82) is 0 Å². The maximum absolute atomic E-state index is 11.7. The molecule has 0 aliphatic heterocycles. The van der Waals surface area contributed by atoms with Gasteiger partial charge in [0.25, 0.3) is 0 Å². The molecular formula is C25H42O3. The van der Waals surface area contributed by atoms with Crippen molar-refractivity contribution in [3.63, 3.8) is 0 Å². The SMILES string of the molecule is CCC1C(O)C2C3CCC(C(C)CC(=O)O)C3(C)CCC2C2(C)CCCCC12. The standard InChI is InChI=1S/C25H42O3/c1-5-16-18-8-6-7-12-24(18,3)20-11-13-25(4)17(15(2)14-21(26)27)9-10-19(25)22(20)23(16)28/h15-20,22-23,28H,5-14H2,1-4H3,(H,26,27). The Hall–Kier alpha value is -0.570. The molecule has 4 fully saturated rings. The summed E-state index contributed by atoms with van der Waals surface area (Å²) in [4.78, 5) is 11.4. The highest BCUT2D eigenvalue weighted by atomic mass is 16.4. The van der Waals surface area contributed by atoms with E-state index in [0.717, 1.165) is 12.8 Å². The predicted molar refractivity (Wildman–Crippen MR) is 112 cm³/mol. The number of aliphatic hydroxyl groups excluding tert-OH is 1. The lowest BCUT2D eigenvalue weighted by atomic mass is 9.41. The minimum atomic E-state index is -0.658. The van der Waals surface area contributed by atoms with Crippen LogP contribution in [-0.2, 0) is 4.79 Å². The zero-order valence-corrected chi connectivity index (χ0v) is 18.5. The quantitative estimate of drug-likeness (QED) is 0.642. The van der Waals surface area contributed by atoms with E-state index in [0.29, 0.717) is 47.3 Å². The third-order valence-corrected chi connectivity index (χ3v) is 10.6. The van der Waals surface area contributed by atoms with Crippen molar-refractivity contribution < 1.29 is 15.0 Å². The number of carbonyl (C=O) groups is 1. The van der Waals surface area contributed by atoms with E-state index in [2.05, 4.69) is 27.7 Å². The van der Waals surface area contributed by atoms with Crippen molar-refractivity contribution in [2.45, 2.75) is 98.0 Å². The number of rotatable bonds is 4. The van der Waals surface area contributed by atoms with Gasteiger partial charge in [-0.1, -0.05) is 47.0 Å². The molecule has 0 spiro atoms. The highest BCUT2D eigenvalue weighted by molar-refractivity contribution is 5.67. The fraction of sp³-hybridized carbons (Fsp3) is 0.960. The van der Waals surface area contributed by atoms with Gasteiger partial charge < -0.3 is 10.2 Å². The van der Waals surface area contributed by atoms with Gasteiger partial charge in [0.1, 0.15) is 0 Å². The average Bonchev–Trinajstić information content (AvgIpc) is 2.99. The molecule has 4 aliphatic rings. The Bertz CT molecular complexity index is 603. The van der Waals surface area contributed by atoms with E-state index in [-0.39, 0.29) is 17.4 Å². The van der Waals surface area contributed by atoms with E-state index in [1.807, 2.05) is 0 Å². The Labute approximate surface area is 171 Å². The van der Waals surface area contributed by atoms with Crippen molar-refractivity contribution in [2.75, 3.05) is 0 Å². The van der Waals surface area contributed by atoms with Crippen molar-refractivity contribution >= 4 is 5.97 Å². The van der Waals surface area contributed by atoms with Crippen LogP contribution < -0.4 is 0 Å². The van der Waals surface area contributed by atoms with Crippen LogP contribution in [0.3, 0.4) is 0 Å². The fourth-order valence-corrected chi connectivity index (χ4v) is 9.43. The van der Waals surface area contributed by atoms with E-state index < -0.39 is 5.97 Å². The normalized spacial score (nSPS) is 51.7. The molecule has 2 N–H and O–H groups in total. The van der Waals surface area contributed by atoms with Crippen molar-refractivity contribution in [2.24, 2.45) is 52.3 Å². The first kappa shape index (κ1) is 20.7. The maximum atomic E-state index is 11.7. The van der Waals surface area contributed by atoms with Crippen molar-refractivity contribution in [3.8, 4) is 0 Å². The molecular weight excluding hydrogens is 348 g/mol. The summed E-state index contributed by atoms with van der Waals surface area (Å²) in [7, 11) is 0. The van der Waals surface area contributed by atoms with Gasteiger partial charge in [-0.2, -0.15) is 0 Å². The molecule has 0 aromatic heterocycles. The monoisotopic (exact) mass is 390 g/mol.